The van der Waals surface area contributed by atoms with Crippen LogP contribution in [0.2, 0.25) is 0 Å². The van der Waals surface area contributed by atoms with E-state index in [0.717, 1.165) is 10.8 Å². The monoisotopic (exact) mass is 341 g/mol. The molecule has 2 N–H and O–H groups in total. The summed E-state index contributed by atoms with van der Waals surface area (Å²) in [6.07, 6.45) is -0.871. The largest absolute Gasteiger partial charge is 0.391 e. The first-order valence-electron chi connectivity index (χ1n) is 6.60. The molecular formula is C13H12FN3O5S. The van der Waals surface area contributed by atoms with Crippen LogP contribution >= 0.6 is 11.3 Å². The molecule has 0 spiro atoms. The van der Waals surface area contributed by atoms with Crippen LogP contribution in [0.3, 0.4) is 0 Å². The second kappa shape index (κ2) is 6.54. The molecule has 0 saturated carbocycles. The van der Waals surface area contributed by atoms with Gasteiger partial charge in [-0.1, -0.05) is 6.07 Å². The van der Waals surface area contributed by atoms with Crippen molar-refractivity contribution in [2.24, 2.45) is 0 Å². The van der Waals surface area contributed by atoms with Crippen LogP contribution in [0, 0.1) is 5.82 Å². The van der Waals surface area contributed by atoms with E-state index in [1.807, 2.05) is 0 Å². The molecule has 122 valence electrons. The quantitative estimate of drug-likeness (QED) is 0.842. The number of rotatable bonds is 4. The number of nitrogens with zero attached hydrogens (tertiary/aromatic N) is 2. The van der Waals surface area contributed by atoms with Gasteiger partial charge in [-0.3, -0.25) is 9.36 Å². The van der Waals surface area contributed by atoms with Crippen molar-refractivity contribution in [2.45, 2.75) is 12.5 Å². The molecule has 23 heavy (non-hydrogen) atoms. The second-order valence-electron chi connectivity index (χ2n) is 4.59. The zero-order valence-corrected chi connectivity index (χ0v) is 12.5. The Balaban J connectivity index is 1.81. The lowest BCUT2D eigenvalue weighted by molar-refractivity contribution is -0.0993. The van der Waals surface area contributed by atoms with E-state index in [0.29, 0.717) is 4.88 Å². The third-order valence-corrected chi connectivity index (χ3v) is 3.95. The molecule has 10 heteroatoms. The lowest BCUT2D eigenvalue weighted by atomic mass is 10.4. The van der Waals surface area contributed by atoms with Crippen LogP contribution < -0.4 is 11.0 Å². The molecule has 0 bridgehead atoms. The second-order valence-corrected chi connectivity index (χ2v) is 5.54. The van der Waals surface area contributed by atoms with Crippen LogP contribution in [0.5, 0.6) is 0 Å². The minimum Gasteiger partial charge on any atom is -0.391 e. The van der Waals surface area contributed by atoms with Gasteiger partial charge in [0.2, 0.25) is 0 Å². The Morgan fingerprint density at radius 1 is 1.61 bits per heavy atom. The summed E-state index contributed by atoms with van der Waals surface area (Å²) in [5.41, 5.74) is -0.805. The van der Waals surface area contributed by atoms with Gasteiger partial charge in [0, 0.05) is 0 Å². The van der Waals surface area contributed by atoms with Gasteiger partial charge in [0.25, 0.3) is 5.91 Å². The van der Waals surface area contributed by atoms with E-state index in [1.165, 1.54) is 11.3 Å². The molecule has 0 radical (unpaired) electrons. The van der Waals surface area contributed by atoms with Gasteiger partial charge < -0.3 is 19.9 Å². The number of amides is 1. The molecule has 2 aromatic rings. The number of carbonyl (C=O) groups is 1. The highest BCUT2D eigenvalue weighted by Crippen LogP contribution is 2.20. The molecule has 3 heterocycles. The van der Waals surface area contributed by atoms with E-state index in [4.69, 9.17) is 14.6 Å². The summed E-state index contributed by atoms with van der Waals surface area (Å²) >= 11 is 1.18. The van der Waals surface area contributed by atoms with Gasteiger partial charge >= 0.3 is 5.69 Å². The fraction of sp³-hybridized carbons (Fsp3) is 0.308. The maximum Gasteiger partial charge on any atom is 0.351 e. The first-order chi connectivity index (χ1) is 11.1. The Morgan fingerprint density at radius 3 is 3.09 bits per heavy atom. The van der Waals surface area contributed by atoms with Crippen molar-refractivity contribution in [3.63, 3.8) is 0 Å². The smallest absolute Gasteiger partial charge is 0.351 e. The van der Waals surface area contributed by atoms with Crippen LogP contribution in [0.25, 0.3) is 0 Å². The van der Waals surface area contributed by atoms with E-state index in [1.54, 1.807) is 17.5 Å². The summed E-state index contributed by atoms with van der Waals surface area (Å²) in [5, 5.41) is 12.9. The Morgan fingerprint density at radius 2 is 2.43 bits per heavy atom. The van der Waals surface area contributed by atoms with E-state index < -0.39 is 35.7 Å². The first kappa shape index (κ1) is 15.7. The molecular weight excluding hydrogens is 329 g/mol. The Kier molecular flexibility index (Phi) is 4.48. The number of aliphatic hydroxyl groups is 1. The van der Waals surface area contributed by atoms with Gasteiger partial charge in [0.1, 0.15) is 0 Å². The first-order valence-corrected chi connectivity index (χ1v) is 7.48. The number of halogens is 1. The normalized spacial score (nSPS) is 20.6. The van der Waals surface area contributed by atoms with Crippen molar-refractivity contribution in [3.8, 4) is 0 Å². The van der Waals surface area contributed by atoms with Crippen LogP contribution in [-0.2, 0) is 9.47 Å². The molecule has 1 amide bonds. The van der Waals surface area contributed by atoms with Crippen molar-refractivity contribution < 1.29 is 23.8 Å². The molecule has 1 saturated heterocycles. The number of aliphatic hydroxyl groups excluding tert-OH is 1. The lowest BCUT2D eigenvalue weighted by Crippen LogP contribution is -2.30. The number of anilines is 1. The number of nitrogens with one attached hydrogen (secondary N) is 1. The Bertz CT molecular complexity index is 763. The Hall–Kier alpha value is -2.14. The van der Waals surface area contributed by atoms with Crippen molar-refractivity contribution in [1.82, 2.24) is 9.55 Å². The molecule has 0 unspecified atom stereocenters. The maximum atomic E-state index is 14.1. The van der Waals surface area contributed by atoms with Gasteiger partial charge in [-0.15, -0.1) is 11.3 Å². The summed E-state index contributed by atoms with van der Waals surface area (Å²) in [7, 11) is 0. The van der Waals surface area contributed by atoms with Crippen LogP contribution in [-0.4, -0.2) is 40.1 Å². The average Bonchev–Trinajstić information content (AvgIpc) is 3.21. The SMILES string of the molecule is O=C(Nc1nc(=O)n([C@H]2CO[C@@H](CO)O2)cc1F)c1cccs1. The fourth-order valence-electron chi connectivity index (χ4n) is 2.00. The highest BCUT2D eigenvalue weighted by molar-refractivity contribution is 7.12. The van der Waals surface area contributed by atoms with Crippen LogP contribution in [0.15, 0.2) is 28.5 Å². The highest BCUT2D eigenvalue weighted by atomic mass is 32.1. The number of hydrogen-bond donors (Lipinski definition) is 2. The maximum absolute atomic E-state index is 14.1. The summed E-state index contributed by atoms with van der Waals surface area (Å²) in [6, 6.07) is 3.24. The van der Waals surface area contributed by atoms with Crippen molar-refractivity contribution >= 4 is 23.1 Å². The summed E-state index contributed by atoms with van der Waals surface area (Å²) in [5.74, 6) is -1.89. The molecule has 2 aromatic heterocycles. The zero-order valence-electron chi connectivity index (χ0n) is 11.6. The average molecular weight is 341 g/mol. The molecule has 8 nitrogen and oxygen atoms in total. The van der Waals surface area contributed by atoms with E-state index in [-0.39, 0.29) is 13.2 Å². The van der Waals surface area contributed by atoms with Crippen molar-refractivity contribution in [2.75, 3.05) is 18.5 Å². The predicted octanol–water partition coefficient (Wildman–Crippen LogP) is 0.560. The molecule has 0 aliphatic carbocycles. The summed E-state index contributed by atoms with van der Waals surface area (Å²) < 4.78 is 25.3. The Labute approximate surface area is 133 Å². The number of aromatic nitrogens is 2. The standard InChI is InChI=1S/C13H12FN3O5S/c14-7-4-17(9-6-21-10(5-18)22-9)13(20)16-11(7)15-12(19)8-2-1-3-23-8/h1-4,9-10,18H,5-6H2,(H,15,16,19,20)/t9-,10-/m1/s1. The number of ether oxygens (including phenoxy) is 2. The highest BCUT2D eigenvalue weighted by Gasteiger charge is 2.28. The zero-order chi connectivity index (χ0) is 16.4. The van der Waals surface area contributed by atoms with E-state index in [9.17, 15) is 14.0 Å². The predicted molar refractivity (Wildman–Crippen MR) is 77.7 cm³/mol. The van der Waals surface area contributed by atoms with Gasteiger partial charge in [-0.05, 0) is 11.4 Å². The number of carbonyl (C=O) groups excluding carboxylic acids is 1. The topological polar surface area (TPSA) is 103 Å². The fourth-order valence-corrected chi connectivity index (χ4v) is 2.62. The molecule has 0 aromatic carbocycles. The summed E-state index contributed by atoms with van der Waals surface area (Å²) in [4.78, 5) is 27.7. The van der Waals surface area contributed by atoms with E-state index >= 15 is 0 Å². The molecule has 2 atom stereocenters. The number of hydrogen-bond acceptors (Lipinski definition) is 7. The van der Waals surface area contributed by atoms with Crippen molar-refractivity contribution in [1.29, 1.82) is 0 Å². The minimum absolute atomic E-state index is 0.0207. The number of thiophene rings is 1. The van der Waals surface area contributed by atoms with Gasteiger partial charge in [-0.25, -0.2) is 9.18 Å². The molecule has 3 rings (SSSR count). The lowest BCUT2D eigenvalue weighted by Gasteiger charge is -2.13. The van der Waals surface area contributed by atoms with Gasteiger partial charge in [0.15, 0.2) is 24.2 Å². The van der Waals surface area contributed by atoms with Gasteiger partial charge in [-0.2, -0.15) is 4.98 Å². The third-order valence-electron chi connectivity index (χ3n) is 3.08. The molecule has 1 fully saturated rings. The van der Waals surface area contributed by atoms with E-state index in [2.05, 4.69) is 10.3 Å². The van der Waals surface area contributed by atoms with Gasteiger partial charge in [0.05, 0.1) is 24.3 Å². The molecule has 1 aliphatic heterocycles. The third kappa shape index (κ3) is 3.29. The van der Waals surface area contributed by atoms with Crippen molar-refractivity contribution in [3.05, 3.63) is 44.9 Å². The molecule has 1 aliphatic rings. The minimum atomic E-state index is -0.885. The van der Waals surface area contributed by atoms with Crippen LogP contribution in [0.1, 0.15) is 15.9 Å². The van der Waals surface area contributed by atoms with Crippen LogP contribution in [0.4, 0.5) is 10.2 Å². The summed E-state index contributed by atoms with van der Waals surface area (Å²) in [6.45, 7) is -0.400.